The fraction of sp³-hybridized carbons (Fsp3) is 0.467. The Labute approximate surface area is 141 Å². The van der Waals surface area contributed by atoms with E-state index in [0.717, 1.165) is 13.5 Å². The summed E-state index contributed by atoms with van der Waals surface area (Å²) in [5.74, 6) is -1.09. The summed E-state index contributed by atoms with van der Waals surface area (Å²) >= 11 is 0. The average Bonchev–Trinajstić information content (AvgIpc) is 2.58. The van der Waals surface area contributed by atoms with Crippen LogP contribution in [0.2, 0.25) is 0 Å². The Bertz CT molecular complexity index is 690. The molecule has 134 valence electrons. The lowest BCUT2D eigenvalue weighted by molar-refractivity contribution is -0.139. The number of rotatable bonds is 8. The van der Waals surface area contributed by atoms with Crippen molar-refractivity contribution >= 4 is 27.6 Å². The number of anilines is 1. The Hall–Kier alpha value is -1.97. The van der Waals surface area contributed by atoms with Crippen molar-refractivity contribution in [2.45, 2.75) is 31.2 Å². The molecule has 4 N–H and O–H groups in total. The number of ether oxygens (including phenoxy) is 1. The van der Waals surface area contributed by atoms with Gasteiger partial charge < -0.3 is 15.8 Å². The molecule has 0 aliphatic carbocycles. The van der Waals surface area contributed by atoms with E-state index in [2.05, 4.69) is 14.8 Å². The van der Waals surface area contributed by atoms with Gasteiger partial charge in [-0.15, -0.1) is 0 Å². The second-order valence-electron chi connectivity index (χ2n) is 5.33. The Morgan fingerprint density at radius 2 is 2.00 bits per heavy atom. The first kappa shape index (κ1) is 20.1. The molecule has 0 radical (unpaired) electrons. The fourth-order valence-corrected chi connectivity index (χ4v) is 2.80. The third-order valence-electron chi connectivity index (χ3n) is 3.61. The number of sulfonamides is 1. The van der Waals surface area contributed by atoms with E-state index in [0.29, 0.717) is 5.69 Å². The topological polar surface area (TPSA) is 128 Å². The van der Waals surface area contributed by atoms with Crippen LogP contribution in [0.3, 0.4) is 0 Å². The number of amides is 1. The average molecular weight is 357 g/mol. The van der Waals surface area contributed by atoms with E-state index < -0.39 is 28.6 Å². The minimum Gasteiger partial charge on any atom is -0.468 e. The van der Waals surface area contributed by atoms with Gasteiger partial charge in [0.05, 0.1) is 18.0 Å². The highest BCUT2D eigenvalue weighted by Crippen LogP contribution is 2.16. The van der Waals surface area contributed by atoms with Crippen molar-refractivity contribution < 1.29 is 22.7 Å². The van der Waals surface area contributed by atoms with Crippen LogP contribution in [0.5, 0.6) is 0 Å². The SMILES string of the molecule is CCC(C)C(N)C(=O)Nc1cccc(S(=O)(=O)NCC(=O)OC)c1. The van der Waals surface area contributed by atoms with Crippen molar-refractivity contribution in [2.24, 2.45) is 11.7 Å². The highest BCUT2D eigenvalue weighted by Gasteiger charge is 2.21. The molecule has 1 rings (SSSR count). The van der Waals surface area contributed by atoms with Gasteiger partial charge in [-0.1, -0.05) is 26.3 Å². The summed E-state index contributed by atoms with van der Waals surface area (Å²) in [6.07, 6.45) is 0.750. The van der Waals surface area contributed by atoms with Gasteiger partial charge >= 0.3 is 5.97 Å². The van der Waals surface area contributed by atoms with E-state index >= 15 is 0 Å². The molecule has 2 atom stereocenters. The molecule has 0 bridgehead atoms. The van der Waals surface area contributed by atoms with Gasteiger partial charge in [0.2, 0.25) is 15.9 Å². The molecule has 0 aromatic heterocycles. The monoisotopic (exact) mass is 357 g/mol. The van der Waals surface area contributed by atoms with Crippen LogP contribution < -0.4 is 15.8 Å². The number of carbonyl (C=O) groups excluding carboxylic acids is 2. The highest BCUT2D eigenvalue weighted by molar-refractivity contribution is 7.89. The Morgan fingerprint density at radius 1 is 1.33 bits per heavy atom. The summed E-state index contributed by atoms with van der Waals surface area (Å²) < 4.78 is 30.7. The fourth-order valence-electron chi connectivity index (χ4n) is 1.79. The van der Waals surface area contributed by atoms with Crippen molar-refractivity contribution in [3.8, 4) is 0 Å². The predicted octanol–water partition coefficient (Wildman–Crippen LogP) is 0.450. The Kier molecular flexibility index (Phi) is 7.33. The number of nitrogens with two attached hydrogens (primary N) is 1. The molecule has 0 spiro atoms. The van der Waals surface area contributed by atoms with Crippen LogP contribution in [0.15, 0.2) is 29.2 Å². The number of benzene rings is 1. The summed E-state index contributed by atoms with van der Waals surface area (Å²) in [5, 5.41) is 2.60. The number of nitrogens with one attached hydrogen (secondary N) is 2. The van der Waals surface area contributed by atoms with E-state index in [9.17, 15) is 18.0 Å². The number of methoxy groups -OCH3 is 1. The molecule has 0 aliphatic rings. The maximum Gasteiger partial charge on any atom is 0.320 e. The molecule has 1 aromatic rings. The van der Waals surface area contributed by atoms with Crippen LogP contribution in [0.25, 0.3) is 0 Å². The predicted molar refractivity (Wildman–Crippen MR) is 89.7 cm³/mol. The normalized spacial score (nSPS) is 13.8. The summed E-state index contributed by atoms with van der Waals surface area (Å²) in [5.41, 5.74) is 6.15. The van der Waals surface area contributed by atoms with E-state index in [4.69, 9.17) is 5.73 Å². The number of carbonyl (C=O) groups is 2. The number of hydrogen-bond acceptors (Lipinski definition) is 6. The summed E-state index contributed by atoms with van der Waals surface area (Å²) in [4.78, 5) is 23.0. The van der Waals surface area contributed by atoms with Gasteiger partial charge in [-0.3, -0.25) is 9.59 Å². The summed E-state index contributed by atoms with van der Waals surface area (Å²) in [6, 6.07) is 5.00. The minimum atomic E-state index is -3.90. The lowest BCUT2D eigenvalue weighted by Crippen LogP contribution is -2.40. The second kappa shape index (κ2) is 8.76. The van der Waals surface area contributed by atoms with E-state index in [1.807, 2.05) is 13.8 Å². The largest absolute Gasteiger partial charge is 0.468 e. The zero-order valence-electron chi connectivity index (χ0n) is 13.9. The van der Waals surface area contributed by atoms with Gasteiger partial charge in [-0.2, -0.15) is 4.72 Å². The summed E-state index contributed by atoms with van der Waals surface area (Å²) in [6.45, 7) is 3.31. The molecule has 24 heavy (non-hydrogen) atoms. The first-order chi connectivity index (χ1) is 11.2. The van der Waals surface area contributed by atoms with Gasteiger partial charge in [0, 0.05) is 5.69 Å². The molecule has 0 fully saturated rings. The molecular weight excluding hydrogens is 334 g/mol. The molecule has 0 saturated heterocycles. The van der Waals surface area contributed by atoms with Crippen molar-refractivity contribution in [3.05, 3.63) is 24.3 Å². The minimum absolute atomic E-state index is 0.00126. The molecule has 1 amide bonds. The van der Waals surface area contributed by atoms with Gasteiger partial charge in [0.1, 0.15) is 6.54 Å². The van der Waals surface area contributed by atoms with Crippen LogP contribution in [-0.2, 0) is 24.3 Å². The smallest absolute Gasteiger partial charge is 0.320 e. The summed E-state index contributed by atoms with van der Waals surface area (Å²) in [7, 11) is -2.74. The van der Waals surface area contributed by atoms with E-state index in [-0.39, 0.29) is 16.7 Å². The molecular formula is C15H23N3O5S. The standard InChI is InChI=1S/C15H23N3O5S/c1-4-10(2)14(16)15(20)18-11-6-5-7-12(8-11)24(21,22)17-9-13(19)23-3/h5-8,10,14,17H,4,9,16H2,1-3H3,(H,18,20). The quantitative estimate of drug-likeness (QED) is 0.580. The van der Waals surface area contributed by atoms with Crippen LogP contribution in [-0.4, -0.2) is 40.0 Å². The lowest BCUT2D eigenvalue weighted by Gasteiger charge is -2.18. The van der Waals surface area contributed by atoms with Crippen molar-refractivity contribution in [3.63, 3.8) is 0 Å². The zero-order valence-corrected chi connectivity index (χ0v) is 14.7. The zero-order chi connectivity index (χ0) is 18.3. The van der Waals surface area contributed by atoms with Crippen molar-refractivity contribution in [2.75, 3.05) is 19.0 Å². The first-order valence-corrected chi connectivity index (χ1v) is 8.92. The van der Waals surface area contributed by atoms with Crippen LogP contribution >= 0.6 is 0 Å². The molecule has 9 heteroatoms. The molecule has 1 aromatic carbocycles. The van der Waals surface area contributed by atoms with Crippen molar-refractivity contribution in [1.82, 2.24) is 4.72 Å². The highest BCUT2D eigenvalue weighted by atomic mass is 32.2. The third kappa shape index (κ3) is 5.59. The van der Waals surface area contributed by atoms with Crippen LogP contribution in [0.4, 0.5) is 5.69 Å². The van der Waals surface area contributed by atoms with Gasteiger partial charge in [-0.05, 0) is 24.1 Å². The molecule has 0 heterocycles. The van der Waals surface area contributed by atoms with E-state index in [1.165, 1.54) is 18.2 Å². The van der Waals surface area contributed by atoms with Gasteiger partial charge in [0.25, 0.3) is 0 Å². The Balaban J connectivity index is 2.86. The van der Waals surface area contributed by atoms with Gasteiger partial charge in [-0.25, -0.2) is 8.42 Å². The molecule has 2 unspecified atom stereocenters. The number of hydrogen-bond donors (Lipinski definition) is 3. The first-order valence-electron chi connectivity index (χ1n) is 7.44. The Morgan fingerprint density at radius 3 is 2.58 bits per heavy atom. The second-order valence-corrected chi connectivity index (χ2v) is 7.10. The van der Waals surface area contributed by atoms with Crippen LogP contribution in [0, 0.1) is 5.92 Å². The van der Waals surface area contributed by atoms with Crippen molar-refractivity contribution in [1.29, 1.82) is 0 Å². The lowest BCUT2D eigenvalue weighted by atomic mass is 9.99. The molecule has 0 saturated carbocycles. The van der Waals surface area contributed by atoms with E-state index in [1.54, 1.807) is 6.07 Å². The number of esters is 1. The third-order valence-corrected chi connectivity index (χ3v) is 5.00. The molecule has 0 aliphatic heterocycles. The maximum atomic E-state index is 12.1. The molecule has 8 nitrogen and oxygen atoms in total. The maximum absolute atomic E-state index is 12.1. The van der Waals surface area contributed by atoms with Gasteiger partial charge in [0.15, 0.2) is 0 Å². The van der Waals surface area contributed by atoms with Crippen LogP contribution in [0.1, 0.15) is 20.3 Å².